The summed E-state index contributed by atoms with van der Waals surface area (Å²) in [4.78, 5) is 0. The molecule has 0 saturated heterocycles. The number of anilines is 1. The van der Waals surface area contributed by atoms with Gasteiger partial charge in [-0.05, 0) is 32.0 Å². The fourth-order valence-electron chi connectivity index (χ4n) is 2.80. The van der Waals surface area contributed by atoms with Crippen LogP contribution in [0, 0.1) is 0 Å². The van der Waals surface area contributed by atoms with Crippen molar-refractivity contribution in [2.24, 2.45) is 0 Å². The molecule has 0 bridgehead atoms. The van der Waals surface area contributed by atoms with Crippen LogP contribution >= 0.6 is 0 Å². The lowest BCUT2D eigenvalue weighted by Gasteiger charge is -2.36. The molecule has 1 aromatic rings. The first-order valence-electron chi connectivity index (χ1n) is 6.88. The minimum atomic E-state index is -0.422. The Bertz CT molecular complexity index is 423. The van der Waals surface area contributed by atoms with Gasteiger partial charge in [0.15, 0.2) is 0 Å². The SMILES string of the molecule is COc1ccc(C[N+](C)(CC(C)O)CC(C)O)cc1N. The van der Waals surface area contributed by atoms with Gasteiger partial charge in [0, 0.05) is 5.56 Å². The summed E-state index contributed by atoms with van der Waals surface area (Å²) in [5, 5.41) is 19.3. The van der Waals surface area contributed by atoms with Gasteiger partial charge in [-0.3, -0.25) is 0 Å². The van der Waals surface area contributed by atoms with E-state index in [0.717, 1.165) is 5.56 Å². The predicted octanol–water partition coefficient (Wildman–Crippen LogP) is 0.986. The van der Waals surface area contributed by atoms with Gasteiger partial charge in [0.25, 0.3) is 0 Å². The third kappa shape index (κ3) is 5.00. The zero-order valence-electron chi connectivity index (χ0n) is 12.8. The fourth-order valence-corrected chi connectivity index (χ4v) is 2.80. The number of nitrogens with two attached hydrogens (primary N) is 1. The lowest BCUT2D eigenvalue weighted by molar-refractivity contribution is -0.927. The Labute approximate surface area is 121 Å². The molecule has 114 valence electrons. The number of nitrogen functional groups attached to an aromatic ring is 1. The van der Waals surface area contributed by atoms with Crippen molar-refractivity contribution in [2.45, 2.75) is 32.6 Å². The highest BCUT2D eigenvalue weighted by Crippen LogP contribution is 2.24. The van der Waals surface area contributed by atoms with Crippen LogP contribution in [0.3, 0.4) is 0 Å². The molecule has 20 heavy (non-hydrogen) atoms. The second kappa shape index (κ2) is 6.92. The minimum absolute atomic E-state index is 0.422. The van der Waals surface area contributed by atoms with Gasteiger partial charge in [-0.15, -0.1) is 0 Å². The summed E-state index contributed by atoms with van der Waals surface area (Å²) < 4.78 is 5.71. The van der Waals surface area contributed by atoms with Crippen molar-refractivity contribution < 1.29 is 19.4 Å². The number of hydrogen-bond donors (Lipinski definition) is 3. The Morgan fingerprint density at radius 2 is 1.75 bits per heavy atom. The third-order valence-electron chi connectivity index (χ3n) is 3.27. The molecule has 0 amide bonds. The highest BCUT2D eigenvalue weighted by atomic mass is 16.5. The molecular weight excluding hydrogens is 256 g/mol. The molecular formula is C15H27N2O3+. The van der Waals surface area contributed by atoms with Crippen LogP contribution in [-0.4, -0.2) is 54.2 Å². The average Bonchev–Trinajstić information content (AvgIpc) is 2.26. The smallest absolute Gasteiger partial charge is 0.141 e. The van der Waals surface area contributed by atoms with Crippen molar-refractivity contribution in [3.63, 3.8) is 0 Å². The number of benzene rings is 1. The number of aliphatic hydroxyl groups is 2. The Morgan fingerprint density at radius 3 is 2.15 bits per heavy atom. The number of rotatable bonds is 7. The normalized spacial score (nSPS) is 17.3. The summed E-state index contributed by atoms with van der Waals surface area (Å²) in [5.41, 5.74) is 7.59. The molecule has 0 aromatic heterocycles. The lowest BCUT2D eigenvalue weighted by Crippen LogP contribution is -2.51. The standard InChI is InChI=1S/C15H27N2O3/c1-11(18)8-17(3,9-12(2)19)10-13-5-6-15(20-4)14(16)7-13/h5-7,11-12,18-19H,8-10,16H2,1-4H3/q+1. The van der Waals surface area contributed by atoms with Gasteiger partial charge in [-0.1, -0.05) is 0 Å². The van der Waals surface area contributed by atoms with E-state index in [1.807, 2.05) is 25.2 Å². The largest absolute Gasteiger partial charge is 0.495 e. The van der Waals surface area contributed by atoms with E-state index in [0.29, 0.717) is 35.6 Å². The van der Waals surface area contributed by atoms with Gasteiger partial charge >= 0.3 is 0 Å². The van der Waals surface area contributed by atoms with Gasteiger partial charge in [0.1, 0.15) is 37.6 Å². The van der Waals surface area contributed by atoms with Crippen molar-refractivity contribution in [2.75, 3.05) is 33.0 Å². The highest BCUT2D eigenvalue weighted by Gasteiger charge is 2.26. The molecule has 0 heterocycles. The first kappa shape index (κ1) is 16.8. The Morgan fingerprint density at radius 1 is 1.20 bits per heavy atom. The molecule has 0 saturated carbocycles. The molecule has 0 aliphatic rings. The third-order valence-corrected chi connectivity index (χ3v) is 3.27. The molecule has 0 aliphatic heterocycles. The van der Waals surface area contributed by atoms with Gasteiger partial charge in [-0.2, -0.15) is 0 Å². The van der Waals surface area contributed by atoms with Crippen LogP contribution in [0.2, 0.25) is 0 Å². The number of likely N-dealkylation sites (N-methyl/N-ethyl adjacent to an activating group) is 1. The minimum Gasteiger partial charge on any atom is -0.495 e. The van der Waals surface area contributed by atoms with E-state index in [4.69, 9.17) is 10.5 Å². The molecule has 5 heteroatoms. The van der Waals surface area contributed by atoms with Crippen molar-refractivity contribution >= 4 is 5.69 Å². The summed E-state index contributed by atoms with van der Waals surface area (Å²) >= 11 is 0. The van der Waals surface area contributed by atoms with E-state index < -0.39 is 12.2 Å². The van der Waals surface area contributed by atoms with Gasteiger partial charge in [-0.25, -0.2) is 0 Å². The first-order chi connectivity index (χ1) is 9.25. The zero-order chi connectivity index (χ0) is 15.3. The van der Waals surface area contributed by atoms with Crippen LogP contribution in [0.4, 0.5) is 5.69 Å². The maximum atomic E-state index is 9.67. The van der Waals surface area contributed by atoms with E-state index in [9.17, 15) is 10.2 Å². The molecule has 0 spiro atoms. The molecule has 5 nitrogen and oxygen atoms in total. The van der Waals surface area contributed by atoms with E-state index in [1.165, 1.54) is 0 Å². The number of ether oxygens (including phenoxy) is 1. The second-order valence-corrected chi connectivity index (χ2v) is 5.92. The number of aliphatic hydroxyl groups excluding tert-OH is 2. The fraction of sp³-hybridized carbons (Fsp3) is 0.600. The van der Waals surface area contributed by atoms with Gasteiger partial charge < -0.3 is 25.2 Å². The monoisotopic (exact) mass is 283 g/mol. The number of nitrogens with zero attached hydrogens (tertiary/aromatic N) is 1. The molecule has 2 atom stereocenters. The van der Waals surface area contributed by atoms with E-state index >= 15 is 0 Å². The molecule has 4 N–H and O–H groups in total. The van der Waals surface area contributed by atoms with Crippen LogP contribution in [-0.2, 0) is 6.54 Å². The molecule has 1 rings (SSSR count). The van der Waals surface area contributed by atoms with Crippen molar-refractivity contribution in [3.05, 3.63) is 23.8 Å². The van der Waals surface area contributed by atoms with Crippen LogP contribution in [0.15, 0.2) is 18.2 Å². The maximum absolute atomic E-state index is 9.67. The zero-order valence-corrected chi connectivity index (χ0v) is 12.8. The summed E-state index contributed by atoms with van der Waals surface area (Å²) in [6, 6.07) is 5.70. The number of methoxy groups -OCH3 is 1. The van der Waals surface area contributed by atoms with Crippen LogP contribution in [0.5, 0.6) is 5.75 Å². The summed E-state index contributed by atoms with van der Waals surface area (Å²) in [6.07, 6.45) is -0.844. The highest BCUT2D eigenvalue weighted by molar-refractivity contribution is 5.54. The molecule has 0 radical (unpaired) electrons. The lowest BCUT2D eigenvalue weighted by atomic mass is 10.1. The maximum Gasteiger partial charge on any atom is 0.141 e. The topological polar surface area (TPSA) is 75.7 Å². The Balaban J connectivity index is 2.91. The number of hydrogen-bond acceptors (Lipinski definition) is 4. The quantitative estimate of drug-likeness (QED) is 0.515. The van der Waals surface area contributed by atoms with Gasteiger partial charge in [0.2, 0.25) is 0 Å². The van der Waals surface area contributed by atoms with Crippen molar-refractivity contribution in [1.82, 2.24) is 0 Å². The van der Waals surface area contributed by atoms with Crippen LogP contribution < -0.4 is 10.5 Å². The van der Waals surface area contributed by atoms with E-state index in [-0.39, 0.29) is 0 Å². The summed E-state index contributed by atoms with van der Waals surface area (Å²) in [7, 11) is 3.62. The van der Waals surface area contributed by atoms with Crippen molar-refractivity contribution in [1.29, 1.82) is 0 Å². The summed E-state index contributed by atoms with van der Waals surface area (Å²) in [6.45, 7) is 5.39. The van der Waals surface area contributed by atoms with E-state index in [2.05, 4.69) is 0 Å². The van der Waals surface area contributed by atoms with Crippen LogP contribution in [0.25, 0.3) is 0 Å². The van der Waals surface area contributed by atoms with E-state index in [1.54, 1.807) is 21.0 Å². The van der Waals surface area contributed by atoms with Crippen molar-refractivity contribution in [3.8, 4) is 5.75 Å². The Kier molecular flexibility index (Phi) is 5.80. The summed E-state index contributed by atoms with van der Waals surface area (Å²) in [5.74, 6) is 0.661. The number of quaternary nitrogens is 1. The Hall–Kier alpha value is -1.30. The second-order valence-electron chi connectivity index (χ2n) is 5.92. The van der Waals surface area contributed by atoms with Gasteiger partial charge in [0.05, 0.1) is 19.8 Å². The molecule has 1 aromatic carbocycles. The predicted molar refractivity (Wildman–Crippen MR) is 80.4 cm³/mol. The molecule has 2 unspecified atom stereocenters. The first-order valence-corrected chi connectivity index (χ1v) is 6.88. The van der Waals surface area contributed by atoms with Crippen LogP contribution in [0.1, 0.15) is 19.4 Å². The average molecular weight is 283 g/mol. The molecule has 0 aliphatic carbocycles. The molecule has 0 fully saturated rings.